The first kappa shape index (κ1) is 40.2. The van der Waals surface area contributed by atoms with E-state index in [1.807, 2.05) is 26.0 Å². The summed E-state index contributed by atoms with van der Waals surface area (Å²) >= 11 is 0. The van der Waals surface area contributed by atoms with Gasteiger partial charge in [-0.05, 0) is 77.3 Å². The van der Waals surface area contributed by atoms with Gasteiger partial charge in [0.2, 0.25) is 27.7 Å². The number of ketones is 1. The fourth-order valence-electron chi connectivity index (χ4n) is 7.53. The summed E-state index contributed by atoms with van der Waals surface area (Å²) in [6.45, 7) is 5.18. The van der Waals surface area contributed by atoms with Crippen molar-refractivity contribution in [3.63, 3.8) is 0 Å². The number of rotatable bonds is 9. The molecule has 5 atom stereocenters. The third kappa shape index (κ3) is 8.38. The number of urea groups is 1. The molecule has 1 aromatic carbocycles. The van der Waals surface area contributed by atoms with Crippen molar-refractivity contribution in [3.05, 3.63) is 36.2 Å². The zero-order valence-electron chi connectivity index (χ0n) is 32.4. The number of sulfonamides is 1. The number of nitrogens with zero attached hydrogens (tertiary/aromatic N) is 3. The molecule has 1 saturated heterocycles. The Morgan fingerprint density at radius 3 is 2.55 bits per heavy atom. The largest absolute Gasteiger partial charge is 0.491 e. The van der Waals surface area contributed by atoms with E-state index in [1.165, 1.54) is 29.0 Å². The molecule has 16 heteroatoms. The molecule has 0 spiro atoms. The lowest BCUT2D eigenvalue weighted by Gasteiger charge is -2.30. The molecule has 3 heterocycles. The lowest BCUT2D eigenvalue weighted by molar-refractivity contribution is -0.140. The van der Waals surface area contributed by atoms with Crippen LogP contribution in [0.2, 0.25) is 0 Å². The average Bonchev–Trinajstić information content (AvgIpc) is 3.99. The van der Waals surface area contributed by atoms with Crippen LogP contribution in [0.4, 0.5) is 9.18 Å². The van der Waals surface area contributed by atoms with Crippen LogP contribution in [0.15, 0.2) is 30.4 Å². The topological polar surface area (TPSA) is 174 Å². The molecule has 14 nitrogen and oxygen atoms in total. The van der Waals surface area contributed by atoms with Crippen molar-refractivity contribution in [2.75, 3.05) is 27.7 Å². The fraction of sp³-hybridized carbons (Fsp3) is 0.615. The zero-order chi connectivity index (χ0) is 39.9. The SMILES string of the molecule is COc1c(F)ccc2c(O[C@@H]3C[C@H]4C(=O)C[C@]5(C(=O)NS(=O)(=O)C6(C)CC6)C[C@@H]5/C=C\CCCCC[C@H](NC(=O)N(C)C)C(=O)N4C3)cc(OC(C)C)nc12. The van der Waals surface area contributed by atoms with Gasteiger partial charge in [0.1, 0.15) is 23.4 Å². The van der Waals surface area contributed by atoms with Gasteiger partial charge in [0.05, 0.1) is 36.0 Å². The van der Waals surface area contributed by atoms with E-state index in [2.05, 4.69) is 15.0 Å². The Morgan fingerprint density at radius 2 is 1.87 bits per heavy atom. The highest BCUT2D eigenvalue weighted by Crippen LogP contribution is 2.57. The van der Waals surface area contributed by atoms with E-state index in [4.69, 9.17) is 14.2 Å². The Morgan fingerprint density at radius 1 is 1.13 bits per heavy atom. The maximum Gasteiger partial charge on any atom is 0.317 e. The number of aromatic nitrogens is 1. The zero-order valence-corrected chi connectivity index (χ0v) is 33.2. The summed E-state index contributed by atoms with van der Waals surface area (Å²) in [4.78, 5) is 63.1. The van der Waals surface area contributed by atoms with Gasteiger partial charge in [0.15, 0.2) is 17.3 Å². The number of Topliss-reactive ketones (excluding diaryl/α,β-unsaturated/α-hetero) is 1. The molecule has 2 aliphatic carbocycles. The van der Waals surface area contributed by atoms with Crippen LogP contribution in [-0.4, -0.2) is 104 Å². The second kappa shape index (κ2) is 15.6. The molecule has 0 bridgehead atoms. The highest BCUT2D eigenvalue weighted by atomic mass is 32.2. The lowest BCUT2D eigenvalue weighted by Crippen LogP contribution is -2.54. The molecule has 4 aliphatic rings. The molecule has 0 unspecified atom stereocenters. The van der Waals surface area contributed by atoms with Gasteiger partial charge in [-0.1, -0.05) is 25.0 Å². The second-order valence-corrected chi connectivity index (χ2v) is 18.2. The lowest BCUT2D eigenvalue weighted by atomic mass is 9.91. The van der Waals surface area contributed by atoms with Gasteiger partial charge in [-0.25, -0.2) is 22.6 Å². The van der Waals surface area contributed by atoms with E-state index in [-0.39, 0.29) is 60.7 Å². The summed E-state index contributed by atoms with van der Waals surface area (Å²) in [7, 11) is 0.499. The highest BCUT2D eigenvalue weighted by Gasteiger charge is 2.62. The van der Waals surface area contributed by atoms with Gasteiger partial charge in [-0.15, -0.1) is 0 Å². The van der Waals surface area contributed by atoms with E-state index in [1.54, 1.807) is 27.1 Å². The number of pyridine rings is 1. The number of allylic oxidation sites excluding steroid dienone is 2. The van der Waals surface area contributed by atoms with Crippen molar-refractivity contribution in [2.24, 2.45) is 11.3 Å². The molecule has 55 heavy (non-hydrogen) atoms. The van der Waals surface area contributed by atoms with Crippen molar-refractivity contribution in [3.8, 4) is 17.4 Å². The van der Waals surface area contributed by atoms with E-state index in [9.17, 15) is 32.0 Å². The van der Waals surface area contributed by atoms with E-state index in [0.29, 0.717) is 37.5 Å². The Labute approximate surface area is 321 Å². The number of halogens is 1. The number of nitrogens with one attached hydrogen (secondary N) is 2. The summed E-state index contributed by atoms with van der Waals surface area (Å²) in [5, 5.41) is 3.25. The Kier molecular flexibility index (Phi) is 11.4. The second-order valence-electron chi connectivity index (χ2n) is 16.0. The minimum atomic E-state index is -3.97. The number of hydrogen-bond acceptors (Lipinski definition) is 10. The summed E-state index contributed by atoms with van der Waals surface area (Å²) in [5.74, 6) is -2.25. The van der Waals surface area contributed by atoms with Crippen LogP contribution < -0.4 is 24.2 Å². The van der Waals surface area contributed by atoms with Gasteiger partial charge in [-0.2, -0.15) is 0 Å². The predicted molar refractivity (Wildman–Crippen MR) is 202 cm³/mol. The van der Waals surface area contributed by atoms with Gasteiger partial charge in [-0.3, -0.25) is 19.1 Å². The quantitative estimate of drug-likeness (QED) is 0.341. The molecule has 1 aromatic heterocycles. The Hall–Kier alpha value is -4.47. The van der Waals surface area contributed by atoms with Crippen LogP contribution in [0.5, 0.6) is 17.4 Å². The smallest absolute Gasteiger partial charge is 0.317 e. The van der Waals surface area contributed by atoms with E-state index >= 15 is 0 Å². The summed E-state index contributed by atoms with van der Waals surface area (Å²) in [5.41, 5.74) is -1.14. The third-order valence-corrected chi connectivity index (χ3v) is 13.4. The van der Waals surface area contributed by atoms with Gasteiger partial charge < -0.3 is 29.3 Å². The number of hydrogen-bond donors (Lipinski definition) is 2. The number of benzene rings is 1. The Bertz CT molecular complexity index is 1980. The Balaban J connectivity index is 1.36. The highest BCUT2D eigenvalue weighted by molar-refractivity contribution is 7.91. The minimum absolute atomic E-state index is 0.0377. The maximum atomic E-state index is 14.8. The van der Waals surface area contributed by atoms with Gasteiger partial charge >= 0.3 is 6.03 Å². The van der Waals surface area contributed by atoms with Crippen LogP contribution in [0.25, 0.3) is 10.9 Å². The first-order valence-electron chi connectivity index (χ1n) is 19.0. The van der Waals surface area contributed by atoms with Crippen LogP contribution >= 0.6 is 0 Å². The number of carbonyl (C=O) groups is 4. The van der Waals surface area contributed by atoms with Crippen molar-refractivity contribution in [2.45, 2.75) is 114 Å². The number of ether oxygens (including phenoxy) is 3. The molecule has 6 rings (SSSR count). The molecular formula is C39H52FN5O9S. The first-order chi connectivity index (χ1) is 26.0. The number of carbonyl (C=O) groups excluding carboxylic acids is 4. The monoisotopic (exact) mass is 785 g/mol. The standard InChI is InChI=1S/C39H52FN5O9S/c1-23(2)53-32-19-31(26-14-15-27(40)34(52-6)33(26)42-32)54-25-18-29-30(46)21-39(36(48)43-55(50,51)38(3)16-17-38)20-24(39)12-10-8-7-9-11-13-28(35(47)45(29)22-25)41-37(49)44(4)5/h10,12,14-15,19,23-25,28-29H,7-9,11,13,16-18,20-22H2,1-6H3,(H,41,49)(H,43,48)/b12-10-/t24-,25+,28-,29-,39+/m0/s1. The molecule has 3 fully saturated rings. The maximum absolute atomic E-state index is 14.8. The van der Waals surface area contributed by atoms with Crippen LogP contribution in [0.1, 0.15) is 85.0 Å². The molecule has 2 aliphatic heterocycles. The summed E-state index contributed by atoms with van der Waals surface area (Å²) in [6, 6.07) is 1.85. The third-order valence-electron chi connectivity index (χ3n) is 11.2. The number of methoxy groups -OCH3 is 1. The normalized spacial score (nSPS) is 27.2. The van der Waals surface area contributed by atoms with Crippen LogP contribution in [0, 0.1) is 17.2 Å². The molecule has 300 valence electrons. The minimum Gasteiger partial charge on any atom is -0.491 e. The van der Waals surface area contributed by atoms with Crippen molar-refractivity contribution in [1.29, 1.82) is 0 Å². The summed E-state index contributed by atoms with van der Waals surface area (Å²) in [6.07, 6.45) is 7.01. The molecular weight excluding hydrogens is 734 g/mol. The molecule has 2 aromatic rings. The molecule has 2 N–H and O–H groups in total. The van der Waals surface area contributed by atoms with Gasteiger partial charge in [0.25, 0.3) is 0 Å². The first-order valence-corrected chi connectivity index (χ1v) is 20.5. The summed E-state index contributed by atoms with van der Waals surface area (Å²) < 4.78 is 60.2. The van der Waals surface area contributed by atoms with Crippen molar-refractivity contribution < 1.29 is 46.2 Å². The predicted octanol–water partition coefficient (Wildman–Crippen LogP) is 4.64. The number of amides is 4. The molecule has 4 amide bonds. The van der Waals surface area contributed by atoms with Gasteiger partial charge in [0, 0.05) is 38.4 Å². The van der Waals surface area contributed by atoms with E-state index in [0.717, 1.165) is 12.8 Å². The van der Waals surface area contributed by atoms with Crippen molar-refractivity contribution >= 4 is 44.6 Å². The number of fused-ring (bicyclic) bond motifs is 3. The average molecular weight is 786 g/mol. The molecule has 2 saturated carbocycles. The van der Waals surface area contributed by atoms with Crippen LogP contribution in [0.3, 0.4) is 0 Å². The molecule has 0 radical (unpaired) electrons. The van der Waals surface area contributed by atoms with Crippen molar-refractivity contribution in [1.82, 2.24) is 24.8 Å². The fourth-order valence-corrected chi connectivity index (χ4v) is 8.86. The van der Waals surface area contributed by atoms with Crippen LogP contribution in [-0.2, 0) is 24.4 Å². The van der Waals surface area contributed by atoms with E-state index < -0.39 is 67.8 Å².